The van der Waals surface area contributed by atoms with Gasteiger partial charge in [-0.1, -0.05) is 6.07 Å². The molecule has 0 radical (unpaired) electrons. The number of aromatic nitrogens is 2. The van der Waals surface area contributed by atoms with Crippen LogP contribution in [-0.4, -0.2) is 35.5 Å². The minimum absolute atomic E-state index is 0. The molecule has 1 saturated carbocycles. The molecule has 0 bridgehead atoms. The van der Waals surface area contributed by atoms with Crippen LogP contribution in [0.15, 0.2) is 35.6 Å². The summed E-state index contributed by atoms with van der Waals surface area (Å²) in [5.41, 5.74) is 2.10. The lowest BCUT2D eigenvalue weighted by Crippen LogP contribution is -2.39. The van der Waals surface area contributed by atoms with Crippen molar-refractivity contribution in [2.24, 2.45) is 10.9 Å². The SMILES string of the molecule is CN=C(NCCc1cn2ccccc2n1)NCC1CC1.I. The van der Waals surface area contributed by atoms with Gasteiger partial charge in [-0.15, -0.1) is 24.0 Å². The predicted octanol–water partition coefficient (Wildman–Crippen LogP) is 2.07. The zero-order chi connectivity index (χ0) is 13.8. The number of imidazole rings is 1. The summed E-state index contributed by atoms with van der Waals surface area (Å²) in [4.78, 5) is 8.81. The summed E-state index contributed by atoms with van der Waals surface area (Å²) in [6.07, 6.45) is 7.70. The van der Waals surface area contributed by atoms with Crippen molar-refractivity contribution in [2.45, 2.75) is 19.3 Å². The molecule has 0 atom stereocenters. The van der Waals surface area contributed by atoms with E-state index >= 15 is 0 Å². The quantitative estimate of drug-likeness (QED) is 0.460. The monoisotopic (exact) mass is 399 g/mol. The topological polar surface area (TPSA) is 53.7 Å². The van der Waals surface area contributed by atoms with Crippen LogP contribution in [0, 0.1) is 5.92 Å². The minimum Gasteiger partial charge on any atom is -0.356 e. The third kappa shape index (κ3) is 4.59. The molecule has 2 aromatic heterocycles. The summed E-state index contributed by atoms with van der Waals surface area (Å²) in [5.74, 6) is 1.74. The van der Waals surface area contributed by atoms with Crippen molar-refractivity contribution in [3.05, 3.63) is 36.3 Å². The smallest absolute Gasteiger partial charge is 0.190 e. The van der Waals surface area contributed by atoms with Gasteiger partial charge >= 0.3 is 0 Å². The van der Waals surface area contributed by atoms with Crippen molar-refractivity contribution in [3.63, 3.8) is 0 Å². The van der Waals surface area contributed by atoms with E-state index in [1.54, 1.807) is 0 Å². The first-order valence-electron chi connectivity index (χ1n) is 7.22. The van der Waals surface area contributed by atoms with Gasteiger partial charge in [-0.25, -0.2) is 4.98 Å². The maximum absolute atomic E-state index is 4.58. The average molecular weight is 399 g/mol. The lowest BCUT2D eigenvalue weighted by atomic mass is 10.3. The van der Waals surface area contributed by atoms with Crippen molar-refractivity contribution in [2.75, 3.05) is 20.1 Å². The van der Waals surface area contributed by atoms with Crippen molar-refractivity contribution in [1.29, 1.82) is 0 Å². The first-order valence-corrected chi connectivity index (χ1v) is 7.22. The zero-order valence-corrected chi connectivity index (χ0v) is 14.6. The molecule has 1 aliphatic carbocycles. The summed E-state index contributed by atoms with van der Waals surface area (Å²) >= 11 is 0. The van der Waals surface area contributed by atoms with Crippen molar-refractivity contribution < 1.29 is 0 Å². The Morgan fingerprint density at radius 2 is 2.24 bits per heavy atom. The molecular weight excluding hydrogens is 377 g/mol. The summed E-state index contributed by atoms with van der Waals surface area (Å²) in [5, 5.41) is 6.69. The Hall–Kier alpha value is -1.31. The van der Waals surface area contributed by atoms with Crippen molar-refractivity contribution >= 4 is 35.6 Å². The minimum atomic E-state index is 0. The second-order valence-electron chi connectivity index (χ2n) is 5.27. The molecular formula is C15H22IN5. The summed E-state index contributed by atoms with van der Waals surface area (Å²) in [6, 6.07) is 6.04. The number of hydrogen-bond donors (Lipinski definition) is 2. The maximum Gasteiger partial charge on any atom is 0.190 e. The third-order valence-electron chi connectivity index (χ3n) is 3.57. The molecule has 0 amide bonds. The maximum atomic E-state index is 4.58. The van der Waals surface area contributed by atoms with Gasteiger partial charge in [0, 0.05) is 39.0 Å². The Bertz CT molecular complexity index is 570. The van der Waals surface area contributed by atoms with Gasteiger partial charge in [-0.05, 0) is 30.9 Å². The van der Waals surface area contributed by atoms with E-state index in [0.29, 0.717) is 0 Å². The molecule has 0 aromatic carbocycles. The van der Waals surface area contributed by atoms with Gasteiger partial charge in [0.15, 0.2) is 5.96 Å². The first-order chi connectivity index (χ1) is 9.85. The normalized spacial score (nSPS) is 14.8. The second kappa shape index (κ2) is 7.63. The predicted molar refractivity (Wildman–Crippen MR) is 96.4 cm³/mol. The van der Waals surface area contributed by atoms with Crippen LogP contribution in [0.2, 0.25) is 0 Å². The number of pyridine rings is 1. The van der Waals surface area contributed by atoms with Crippen molar-refractivity contribution in [1.82, 2.24) is 20.0 Å². The van der Waals surface area contributed by atoms with Gasteiger partial charge < -0.3 is 15.0 Å². The van der Waals surface area contributed by atoms with Crippen LogP contribution in [0.25, 0.3) is 5.65 Å². The average Bonchev–Trinajstić information content (AvgIpc) is 3.20. The van der Waals surface area contributed by atoms with Crippen LogP contribution in [0.5, 0.6) is 0 Å². The van der Waals surface area contributed by atoms with Crippen LogP contribution < -0.4 is 10.6 Å². The number of aliphatic imine (C=N–C) groups is 1. The van der Waals surface area contributed by atoms with Crippen LogP contribution in [0.4, 0.5) is 0 Å². The van der Waals surface area contributed by atoms with E-state index in [9.17, 15) is 0 Å². The summed E-state index contributed by atoms with van der Waals surface area (Å²) in [7, 11) is 1.81. The van der Waals surface area contributed by atoms with E-state index in [0.717, 1.165) is 42.7 Å². The van der Waals surface area contributed by atoms with Crippen LogP contribution >= 0.6 is 24.0 Å². The van der Waals surface area contributed by atoms with Crippen LogP contribution in [0.3, 0.4) is 0 Å². The molecule has 2 N–H and O–H groups in total. The molecule has 114 valence electrons. The zero-order valence-electron chi connectivity index (χ0n) is 12.2. The lowest BCUT2D eigenvalue weighted by Gasteiger charge is -2.10. The molecule has 3 rings (SSSR count). The summed E-state index contributed by atoms with van der Waals surface area (Å²) < 4.78 is 2.05. The fourth-order valence-corrected chi connectivity index (χ4v) is 2.20. The van der Waals surface area contributed by atoms with Gasteiger partial charge in [0.05, 0.1) is 5.69 Å². The molecule has 0 aliphatic heterocycles. The van der Waals surface area contributed by atoms with Gasteiger partial charge in [-0.2, -0.15) is 0 Å². The Labute approximate surface area is 142 Å². The standard InChI is InChI=1S/C15H21N5.HI/c1-16-15(18-10-12-5-6-12)17-8-7-13-11-20-9-3-2-4-14(20)19-13;/h2-4,9,11-12H,5-8,10H2,1H3,(H2,16,17,18);1H. The molecule has 6 heteroatoms. The highest BCUT2D eigenvalue weighted by Crippen LogP contribution is 2.27. The number of nitrogens with one attached hydrogen (secondary N) is 2. The highest BCUT2D eigenvalue weighted by atomic mass is 127. The van der Waals surface area contributed by atoms with Gasteiger partial charge in [0.25, 0.3) is 0 Å². The Kier molecular flexibility index (Phi) is 5.84. The summed E-state index contributed by atoms with van der Waals surface area (Å²) in [6.45, 7) is 1.88. The van der Waals surface area contributed by atoms with E-state index in [1.165, 1.54) is 12.8 Å². The molecule has 1 fully saturated rings. The van der Waals surface area contributed by atoms with Crippen LogP contribution in [-0.2, 0) is 6.42 Å². The van der Waals surface area contributed by atoms with Gasteiger partial charge in [0.2, 0.25) is 0 Å². The molecule has 0 unspecified atom stereocenters. The molecule has 0 spiro atoms. The van der Waals surface area contributed by atoms with E-state index in [2.05, 4.69) is 31.2 Å². The Balaban J connectivity index is 0.00000161. The number of hydrogen-bond acceptors (Lipinski definition) is 2. The number of nitrogens with zero attached hydrogens (tertiary/aromatic N) is 3. The lowest BCUT2D eigenvalue weighted by molar-refractivity contribution is 0.732. The fourth-order valence-electron chi connectivity index (χ4n) is 2.20. The molecule has 2 aromatic rings. The Morgan fingerprint density at radius 3 is 2.95 bits per heavy atom. The van der Waals surface area contributed by atoms with Crippen LogP contribution in [0.1, 0.15) is 18.5 Å². The van der Waals surface area contributed by atoms with Gasteiger partial charge in [0.1, 0.15) is 5.65 Å². The number of rotatable bonds is 5. The number of fused-ring (bicyclic) bond motifs is 1. The Morgan fingerprint density at radius 1 is 1.38 bits per heavy atom. The van der Waals surface area contributed by atoms with Gasteiger partial charge in [-0.3, -0.25) is 4.99 Å². The molecule has 21 heavy (non-hydrogen) atoms. The third-order valence-corrected chi connectivity index (χ3v) is 3.57. The molecule has 1 aliphatic rings. The fraction of sp³-hybridized carbons (Fsp3) is 0.467. The molecule has 2 heterocycles. The first kappa shape index (κ1) is 16.1. The second-order valence-corrected chi connectivity index (χ2v) is 5.27. The van der Waals surface area contributed by atoms with E-state index < -0.39 is 0 Å². The largest absolute Gasteiger partial charge is 0.356 e. The highest BCUT2D eigenvalue weighted by Gasteiger charge is 2.20. The number of halogens is 1. The van der Waals surface area contributed by atoms with Crippen molar-refractivity contribution in [3.8, 4) is 0 Å². The van der Waals surface area contributed by atoms with E-state index in [1.807, 2.05) is 31.4 Å². The van der Waals surface area contributed by atoms with E-state index in [-0.39, 0.29) is 24.0 Å². The highest BCUT2D eigenvalue weighted by molar-refractivity contribution is 14.0. The van der Waals surface area contributed by atoms with E-state index in [4.69, 9.17) is 0 Å². The molecule has 5 nitrogen and oxygen atoms in total. The number of guanidine groups is 1. The molecule has 0 saturated heterocycles.